The van der Waals surface area contributed by atoms with Gasteiger partial charge in [0, 0.05) is 55.2 Å². The van der Waals surface area contributed by atoms with Gasteiger partial charge in [-0.1, -0.05) is 23.2 Å². The zero-order valence-electron chi connectivity index (χ0n) is 16.2. The van der Waals surface area contributed by atoms with Crippen LogP contribution in [0, 0.1) is 5.82 Å². The molecule has 0 N–H and O–H groups in total. The van der Waals surface area contributed by atoms with Crippen LogP contribution in [0.5, 0.6) is 0 Å². The first-order valence-electron chi connectivity index (χ1n) is 9.63. The van der Waals surface area contributed by atoms with E-state index in [2.05, 4.69) is 16.8 Å². The number of rotatable bonds is 3. The second-order valence-electron chi connectivity index (χ2n) is 7.47. The fraction of sp³-hybridized carbons (Fsp3) is 0.318. The van der Waals surface area contributed by atoms with Gasteiger partial charge in [0.1, 0.15) is 5.82 Å². The van der Waals surface area contributed by atoms with E-state index in [0.29, 0.717) is 34.3 Å². The van der Waals surface area contributed by atoms with Crippen molar-refractivity contribution in [2.75, 3.05) is 49.6 Å². The van der Waals surface area contributed by atoms with Crippen molar-refractivity contribution in [3.63, 3.8) is 0 Å². The van der Waals surface area contributed by atoms with Crippen LogP contribution in [0.15, 0.2) is 42.0 Å². The molecule has 2 aliphatic rings. The summed E-state index contributed by atoms with van der Waals surface area (Å²) in [4.78, 5) is 19.2. The molecule has 0 aliphatic carbocycles. The lowest BCUT2D eigenvalue weighted by atomic mass is 10.1. The number of benzene rings is 2. The van der Waals surface area contributed by atoms with Gasteiger partial charge in [-0.15, -0.1) is 0 Å². The van der Waals surface area contributed by atoms with E-state index in [1.54, 1.807) is 23.1 Å². The number of carbonyl (C=O) groups is 1. The van der Waals surface area contributed by atoms with Gasteiger partial charge < -0.3 is 14.7 Å². The molecule has 1 amide bonds. The Morgan fingerprint density at radius 1 is 0.966 bits per heavy atom. The third kappa shape index (κ3) is 4.27. The fourth-order valence-electron chi connectivity index (χ4n) is 3.81. The van der Waals surface area contributed by atoms with E-state index in [-0.39, 0.29) is 11.7 Å². The molecule has 4 nitrogen and oxygen atoms in total. The minimum Gasteiger partial charge on any atom is -0.368 e. The van der Waals surface area contributed by atoms with E-state index in [9.17, 15) is 9.18 Å². The van der Waals surface area contributed by atoms with Crippen LogP contribution in [0.4, 0.5) is 15.8 Å². The van der Waals surface area contributed by atoms with Crippen molar-refractivity contribution in [1.29, 1.82) is 0 Å². The molecule has 152 valence electrons. The highest BCUT2D eigenvalue weighted by Crippen LogP contribution is 2.33. The van der Waals surface area contributed by atoms with Gasteiger partial charge in [-0.2, -0.15) is 0 Å². The topological polar surface area (TPSA) is 26.8 Å². The minimum atomic E-state index is -0.304. The number of hydrogen-bond donors (Lipinski definition) is 0. The standard InChI is InChI=1S/C22H22Cl2FN3O/c1-26-8-10-27(11-9-26)21-5-2-17(25)13-16(21)12-15-6-7-28(22(15)29)18-3-4-19(23)20(24)14-18/h2-5,12-14H,6-11H2,1H3. The summed E-state index contributed by atoms with van der Waals surface area (Å²) in [5.74, 6) is -0.390. The van der Waals surface area contributed by atoms with Crippen LogP contribution in [-0.2, 0) is 4.79 Å². The van der Waals surface area contributed by atoms with Crippen LogP contribution in [0.2, 0.25) is 10.0 Å². The van der Waals surface area contributed by atoms with Crippen LogP contribution >= 0.6 is 23.2 Å². The molecule has 7 heteroatoms. The molecule has 0 aromatic heterocycles. The lowest BCUT2D eigenvalue weighted by molar-refractivity contribution is -0.114. The van der Waals surface area contributed by atoms with Crippen molar-refractivity contribution in [2.24, 2.45) is 0 Å². The number of nitrogens with zero attached hydrogens (tertiary/aromatic N) is 3. The number of amides is 1. The number of halogens is 3. The summed E-state index contributed by atoms with van der Waals surface area (Å²) in [6.45, 7) is 4.22. The molecule has 2 fully saturated rings. The smallest absolute Gasteiger partial charge is 0.254 e. The summed E-state index contributed by atoms with van der Waals surface area (Å²) < 4.78 is 14.0. The third-order valence-electron chi connectivity index (χ3n) is 5.50. The molecule has 2 aromatic carbocycles. The lowest BCUT2D eigenvalue weighted by Crippen LogP contribution is -2.44. The molecule has 29 heavy (non-hydrogen) atoms. The van der Waals surface area contributed by atoms with Crippen molar-refractivity contribution in [1.82, 2.24) is 4.90 Å². The summed E-state index contributed by atoms with van der Waals surface area (Å²) in [6, 6.07) is 9.97. The zero-order valence-corrected chi connectivity index (χ0v) is 17.7. The quantitative estimate of drug-likeness (QED) is 0.655. The SMILES string of the molecule is CN1CCN(c2ccc(F)cc2C=C2CCN(c3ccc(Cl)c(Cl)c3)C2=O)CC1. The van der Waals surface area contributed by atoms with Crippen LogP contribution in [0.25, 0.3) is 6.08 Å². The first-order valence-corrected chi connectivity index (χ1v) is 10.4. The molecular weight excluding hydrogens is 412 g/mol. The molecule has 0 bridgehead atoms. The Labute approximate surface area is 180 Å². The Bertz CT molecular complexity index is 971. The highest BCUT2D eigenvalue weighted by Gasteiger charge is 2.28. The van der Waals surface area contributed by atoms with E-state index in [4.69, 9.17) is 23.2 Å². The normalized spacial score (nSPS) is 19.4. The highest BCUT2D eigenvalue weighted by molar-refractivity contribution is 6.42. The van der Waals surface area contributed by atoms with Crippen molar-refractivity contribution in [3.05, 3.63) is 63.4 Å². The Hall–Kier alpha value is -2.08. The number of piperazine rings is 1. The maximum atomic E-state index is 14.0. The van der Waals surface area contributed by atoms with Crippen molar-refractivity contribution in [3.8, 4) is 0 Å². The number of anilines is 2. The highest BCUT2D eigenvalue weighted by atomic mass is 35.5. The molecule has 0 radical (unpaired) electrons. The summed E-state index contributed by atoms with van der Waals surface area (Å²) in [5.41, 5.74) is 3.09. The summed E-state index contributed by atoms with van der Waals surface area (Å²) in [7, 11) is 2.10. The summed E-state index contributed by atoms with van der Waals surface area (Å²) >= 11 is 12.1. The maximum Gasteiger partial charge on any atom is 0.254 e. The van der Waals surface area contributed by atoms with Crippen molar-refractivity contribution >= 4 is 46.6 Å². The monoisotopic (exact) mass is 433 g/mol. The van der Waals surface area contributed by atoms with Gasteiger partial charge in [0.15, 0.2) is 0 Å². The third-order valence-corrected chi connectivity index (χ3v) is 6.24. The van der Waals surface area contributed by atoms with Crippen molar-refractivity contribution in [2.45, 2.75) is 6.42 Å². The molecule has 0 unspecified atom stereocenters. The van der Waals surface area contributed by atoms with E-state index in [1.165, 1.54) is 12.1 Å². The first-order chi connectivity index (χ1) is 13.9. The van der Waals surface area contributed by atoms with Gasteiger partial charge in [0.05, 0.1) is 10.0 Å². The van der Waals surface area contributed by atoms with Gasteiger partial charge in [-0.25, -0.2) is 4.39 Å². The number of likely N-dealkylation sites (N-methyl/N-ethyl adjacent to an activating group) is 1. The predicted octanol–water partition coefficient (Wildman–Crippen LogP) is 4.70. The molecule has 2 saturated heterocycles. The van der Waals surface area contributed by atoms with Gasteiger partial charge in [-0.3, -0.25) is 4.79 Å². The lowest BCUT2D eigenvalue weighted by Gasteiger charge is -2.35. The Kier molecular flexibility index (Phi) is 5.81. The van der Waals surface area contributed by atoms with Crippen LogP contribution in [-0.4, -0.2) is 50.6 Å². The number of hydrogen-bond acceptors (Lipinski definition) is 3. The van der Waals surface area contributed by atoms with E-state index >= 15 is 0 Å². The van der Waals surface area contributed by atoms with E-state index < -0.39 is 0 Å². The molecule has 2 aliphatic heterocycles. The largest absolute Gasteiger partial charge is 0.368 e. The van der Waals surface area contributed by atoms with Crippen LogP contribution in [0.1, 0.15) is 12.0 Å². The number of carbonyl (C=O) groups excluding carboxylic acids is 1. The minimum absolute atomic E-state index is 0.0861. The first kappa shape index (κ1) is 20.2. The molecule has 2 aromatic rings. The van der Waals surface area contributed by atoms with Gasteiger partial charge in [-0.05, 0) is 55.9 Å². The van der Waals surface area contributed by atoms with E-state index in [0.717, 1.165) is 37.4 Å². The second kappa shape index (κ2) is 8.34. The van der Waals surface area contributed by atoms with Gasteiger partial charge >= 0.3 is 0 Å². The average Bonchev–Trinajstić information content (AvgIpc) is 3.05. The van der Waals surface area contributed by atoms with Crippen molar-refractivity contribution < 1.29 is 9.18 Å². The molecule has 0 atom stereocenters. The van der Waals surface area contributed by atoms with Crippen LogP contribution in [0.3, 0.4) is 0 Å². The molecular formula is C22H22Cl2FN3O. The summed E-state index contributed by atoms with van der Waals surface area (Å²) in [5, 5.41) is 0.867. The Morgan fingerprint density at radius 2 is 1.72 bits per heavy atom. The Morgan fingerprint density at radius 3 is 2.45 bits per heavy atom. The molecule has 0 saturated carbocycles. The molecule has 2 heterocycles. The van der Waals surface area contributed by atoms with Gasteiger partial charge in [0.25, 0.3) is 5.91 Å². The summed E-state index contributed by atoms with van der Waals surface area (Å²) in [6.07, 6.45) is 2.42. The second-order valence-corrected chi connectivity index (χ2v) is 8.28. The van der Waals surface area contributed by atoms with Gasteiger partial charge in [0.2, 0.25) is 0 Å². The zero-order chi connectivity index (χ0) is 20.5. The fourth-order valence-corrected chi connectivity index (χ4v) is 4.10. The average molecular weight is 434 g/mol. The molecule has 0 spiro atoms. The Balaban J connectivity index is 1.62. The predicted molar refractivity (Wildman–Crippen MR) is 118 cm³/mol. The van der Waals surface area contributed by atoms with E-state index in [1.807, 2.05) is 12.1 Å². The molecule has 4 rings (SSSR count). The van der Waals surface area contributed by atoms with Crippen LogP contribution < -0.4 is 9.80 Å². The maximum absolute atomic E-state index is 14.0.